The Morgan fingerprint density at radius 1 is 0.964 bits per heavy atom. The number of para-hydroxylation sites is 1. The number of hydrogen-bond acceptors (Lipinski definition) is 5. The molecule has 0 spiro atoms. The van der Waals surface area contributed by atoms with Crippen LogP contribution < -0.4 is 19.5 Å². The van der Waals surface area contributed by atoms with E-state index in [0.29, 0.717) is 31.3 Å². The van der Waals surface area contributed by atoms with Gasteiger partial charge in [0.25, 0.3) is 5.91 Å². The average Bonchev–Trinajstić information content (AvgIpc) is 2.66. The summed E-state index contributed by atoms with van der Waals surface area (Å²) in [5.41, 5.74) is -1.10. The fraction of sp³-hybridized carbons (Fsp3) is 0.333. The first-order valence-electron chi connectivity index (χ1n) is 8.97. The molecule has 2 rings (SSSR count). The van der Waals surface area contributed by atoms with Crippen molar-refractivity contribution in [3.63, 3.8) is 0 Å². The molecule has 2 aromatic rings. The summed E-state index contributed by atoms with van der Waals surface area (Å²) >= 11 is 0. The molecule has 0 unspecified atom stereocenters. The van der Waals surface area contributed by atoms with Crippen molar-refractivity contribution in [1.82, 2.24) is 5.32 Å². The number of ether oxygens (including phenoxy) is 3. The molecule has 1 amide bonds. The van der Waals surface area contributed by atoms with Crippen molar-refractivity contribution in [2.75, 3.05) is 19.8 Å². The number of carboxylic acid groups (broad SMARTS) is 1. The summed E-state index contributed by atoms with van der Waals surface area (Å²) in [6.45, 7) is 5.70. The zero-order valence-electron chi connectivity index (χ0n) is 16.2. The number of rotatable bonds is 10. The number of carbonyl (C=O) groups is 2. The molecule has 0 fully saturated rings. The van der Waals surface area contributed by atoms with Crippen LogP contribution in [0.1, 0.15) is 31.1 Å². The highest BCUT2D eigenvalue weighted by Crippen LogP contribution is 2.28. The van der Waals surface area contributed by atoms with Gasteiger partial charge in [-0.1, -0.05) is 18.2 Å². The maximum atomic E-state index is 12.4. The van der Waals surface area contributed by atoms with E-state index in [-0.39, 0.29) is 5.56 Å². The first kappa shape index (κ1) is 21.1. The molecule has 0 aliphatic rings. The van der Waals surface area contributed by atoms with Gasteiger partial charge >= 0.3 is 5.97 Å². The average molecular weight is 387 g/mol. The van der Waals surface area contributed by atoms with Gasteiger partial charge in [0.15, 0.2) is 11.5 Å². The standard InChI is InChI=1S/C21H25NO6/c1-4-26-18-14-15(19(23)22-21(2,3)20(24)25)10-11-17(18)28-13-12-27-16-8-6-5-7-9-16/h5-11,14H,4,12-13H2,1-3H3,(H,22,23)(H,24,25). The first-order chi connectivity index (χ1) is 13.3. The smallest absolute Gasteiger partial charge is 0.328 e. The maximum absolute atomic E-state index is 12.4. The first-order valence-corrected chi connectivity index (χ1v) is 8.97. The minimum absolute atomic E-state index is 0.283. The predicted molar refractivity (Wildman–Crippen MR) is 104 cm³/mol. The van der Waals surface area contributed by atoms with Gasteiger partial charge in [0.05, 0.1) is 6.61 Å². The minimum Gasteiger partial charge on any atom is -0.490 e. The molecule has 0 atom stereocenters. The van der Waals surface area contributed by atoms with Crippen LogP contribution in [0.4, 0.5) is 0 Å². The maximum Gasteiger partial charge on any atom is 0.328 e. The molecule has 0 aliphatic heterocycles. The van der Waals surface area contributed by atoms with Crippen LogP contribution in [0.3, 0.4) is 0 Å². The summed E-state index contributed by atoms with van der Waals surface area (Å²) in [5, 5.41) is 11.6. The van der Waals surface area contributed by atoms with Gasteiger partial charge in [-0.2, -0.15) is 0 Å². The Hall–Kier alpha value is -3.22. The van der Waals surface area contributed by atoms with Crippen LogP contribution in [-0.4, -0.2) is 42.3 Å². The summed E-state index contributed by atoms with van der Waals surface area (Å²) in [4.78, 5) is 23.5. The second-order valence-corrected chi connectivity index (χ2v) is 6.49. The molecule has 0 bridgehead atoms. The normalized spacial score (nSPS) is 10.8. The van der Waals surface area contributed by atoms with Crippen molar-refractivity contribution in [3.05, 3.63) is 54.1 Å². The monoisotopic (exact) mass is 387 g/mol. The number of hydrogen-bond donors (Lipinski definition) is 2. The predicted octanol–water partition coefficient (Wildman–Crippen LogP) is 3.14. The third-order valence-corrected chi connectivity index (χ3v) is 3.82. The molecule has 0 heterocycles. The fourth-order valence-electron chi connectivity index (χ4n) is 2.27. The van der Waals surface area contributed by atoms with Gasteiger partial charge in [0, 0.05) is 5.56 Å². The van der Waals surface area contributed by atoms with Gasteiger partial charge < -0.3 is 24.6 Å². The second-order valence-electron chi connectivity index (χ2n) is 6.49. The molecule has 0 aromatic heterocycles. The van der Waals surface area contributed by atoms with E-state index in [9.17, 15) is 9.59 Å². The number of benzene rings is 2. The molecule has 2 N–H and O–H groups in total. The van der Waals surface area contributed by atoms with E-state index in [1.165, 1.54) is 19.9 Å². The van der Waals surface area contributed by atoms with Crippen LogP contribution >= 0.6 is 0 Å². The summed E-state index contributed by atoms with van der Waals surface area (Å²) in [7, 11) is 0. The Balaban J connectivity index is 2.01. The van der Waals surface area contributed by atoms with E-state index in [1.807, 2.05) is 37.3 Å². The van der Waals surface area contributed by atoms with Gasteiger partial charge in [-0.3, -0.25) is 4.79 Å². The molecule has 0 aliphatic carbocycles. The molecule has 7 nitrogen and oxygen atoms in total. The number of aliphatic carboxylic acids is 1. The largest absolute Gasteiger partial charge is 0.490 e. The van der Waals surface area contributed by atoms with Crippen LogP contribution in [0.2, 0.25) is 0 Å². The number of amides is 1. The lowest BCUT2D eigenvalue weighted by Crippen LogP contribution is -2.49. The lowest BCUT2D eigenvalue weighted by Gasteiger charge is -2.21. The van der Waals surface area contributed by atoms with Gasteiger partial charge in [-0.05, 0) is 51.1 Å². The van der Waals surface area contributed by atoms with E-state index in [2.05, 4.69) is 5.32 Å². The lowest BCUT2D eigenvalue weighted by molar-refractivity contribution is -0.143. The molecule has 28 heavy (non-hydrogen) atoms. The van der Waals surface area contributed by atoms with Crippen molar-refractivity contribution < 1.29 is 28.9 Å². The van der Waals surface area contributed by atoms with E-state index in [4.69, 9.17) is 19.3 Å². The lowest BCUT2D eigenvalue weighted by atomic mass is 10.1. The number of carboxylic acids is 1. The third kappa shape index (κ3) is 5.90. The van der Waals surface area contributed by atoms with E-state index < -0.39 is 17.4 Å². The van der Waals surface area contributed by atoms with E-state index >= 15 is 0 Å². The highest BCUT2D eigenvalue weighted by Gasteiger charge is 2.29. The van der Waals surface area contributed by atoms with Crippen LogP contribution in [0.15, 0.2) is 48.5 Å². The van der Waals surface area contributed by atoms with Crippen LogP contribution in [0.25, 0.3) is 0 Å². The Bertz CT molecular complexity index is 804. The highest BCUT2D eigenvalue weighted by atomic mass is 16.5. The zero-order chi connectivity index (χ0) is 20.6. The topological polar surface area (TPSA) is 94.1 Å². The summed E-state index contributed by atoms with van der Waals surface area (Å²) in [6.07, 6.45) is 0. The second kappa shape index (κ2) is 9.64. The molecule has 150 valence electrons. The molecular weight excluding hydrogens is 362 g/mol. The van der Waals surface area contributed by atoms with Crippen LogP contribution in [0.5, 0.6) is 17.2 Å². The molecule has 0 saturated carbocycles. The van der Waals surface area contributed by atoms with Gasteiger partial charge in [0.2, 0.25) is 0 Å². The Morgan fingerprint density at radius 2 is 1.64 bits per heavy atom. The minimum atomic E-state index is -1.38. The third-order valence-electron chi connectivity index (χ3n) is 3.82. The van der Waals surface area contributed by atoms with Crippen LogP contribution in [-0.2, 0) is 4.79 Å². The number of nitrogens with one attached hydrogen (secondary N) is 1. The van der Waals surface area contributed by atoms with Crippen molar-refractivity contribution in [2.45, 2.75) is 26.3 Å². The zero-order valence-corrected chi connectivity index (χ0v) is 16.2. The van der Waals surface area contributed by atoms with E-state index in [1.54, 1.807) is 12.1 Å². The molecule has 0 saturated heterocycles. The summed E-state index contributed by atoms with van der Waals surface area (Å²) in [6, 6.07) is 14.1. The Labute approximate surface area is 164 Å². The van der Waals surface area contributed by atoms with Gasteiger partial charge in [-0.15, -0.1) is 0 Å². The number of carbonyl (C=O) groups excluding carboxylic acids is 1. The molecule has 2 aromatic carbocycles. The SMILES string of the molecule is CCOc1cc(C(=O)NC(C)(C)C(=O)O)ccc1OCCOc1ccccc1. The summed E-state index contributed by atoms with van der Waals surface area (Å²) in [5.74, 6) is 0.0105. The molecule has 0 radical (unpaired) electrons. The van der Waals surface area contributed by atoms with Gasteiger partial charge in [-0.25, -0.2) is 4.79 Å². The fourth-order valence-corrected chi connectivity index (χ4v) is 2.27. The quantitative estimate of drug-likeness (QED) is 0.608. The van der Waals surface area contributed by atoms with Crippen LogP contribution in [0, 0.1) is 0 Å². The van der Waals surface area contributed by atoms with Crippen molar-refractivity contribution in [1.29, 1.82) is 0 Å². The van der Waals surface area contributed by atoms with Crippen molar-refractivity contribution >= 4 is 11.9 Å². The Morgan fingerprint density at radius 3 is 2.29 bits per heavy atom. The molecule has 7 heteroatoms. The molecular formula is C21H25NO6. The highest BCUT2D eigenvalue weighted by molar-refractivity contribution is 5.98. The summed E-state index contributed by atoms with van der Waals surface area (Å²) < 4.78 is 16.8. The van der Waals surface area contributed by atoms with Crippen molar-refractivity contribution in [3.8, 4) is 17.2 Å². The van der Waals surface area contributed by atoms with Crippen molar-refractivity contribution in [2.24, 2.45) is 0 Å². The van der Waals surface area contributed by atoms with Gasteiger partial charge in [0.1, 0.15) is 24.5 Å². The Kier molecular flexibility index (Phi) is 7.26. The van der Waals surface area contributed by atoms with E-state index in [0.717, 1.165) is 5.75 Å².